The molecule has 1 N–H and O–H groups in total. The second-order valence-electron chi connectivity index (χ2n) is 9.20. The molecule has 5 nitrogen and oxygen atoms in total. The molecule has 0 fully saturated rings. The number of hydrogen-bond acceptors (Lipinski definition) is 3. The molecule has 5 rings (SSSR count). The molecule has 1 aliphatic rings. The number of hydrogen-bond donors (Lipinski definition) is 1. The van der Waals surface area contributed by atoms with E-state index in [1.165, 1.54) is 35.2 Å². The highest BCUT2D eigenvalue weighted by Crippen LogP contribution is 2.35. The molecule has 0 atom stereocenters. The summed E-state index contributed by atoms with van der Waals surface area (Å²) in [5.41, 5.74) is 4.03. The summed E-state index contributed by atoms with van der Waals surface area (Å²) in [6.07, 6.45) is -0.763. The summed E-state index contributed by atoms with van der Waals surface area (Å²) in [6.45, 7) is 1.69. The highest BCUT2D eigenvalue weighted by atomic mass is 19.3. The van der Waals surface area contributed by atoms with Crippen LogP contribution in [0.3, 0.4) is 0 Å². The SMILES string of the molecule is Cc1ccc(-c2ccccc2C(=O)Nc2ccc(C(=O)N3CCC(F)(F)C(=O)c4ccccc43)cc2)cc1. The molecule has 4 aromatic carbocycles. The average molecular weight is 511 g/mol. The lowest BCUT2D eigenvalue weighted by Gasteiger charge is -2.22. The van der Waals surface area contributed by atoms with Gasteiger partial charge in [-0.3, -0.25) is 14.4 Å². The maximum absolute atomic E-state index is 14.3. The van der Waals surface area contributed by atoms with Crippen molar-refractivity contribution in [2.45, 2.75) is 19.3 Å². The van der Waals surface area contributed by atoms with Gasteiger partial charge in [-0.15, -0.1) is 0 Å². The molecule has 2 amide bonds. The molecule has 190 valence electrons. The largest absolute Gasteiger partial charge is 0.322 e. The molecule has 0 spiro atoms. The zero-order chi connectivity index (χ0) is 26.9. The lowest BCUT2D eigenvalue weighted by molar-refractivity contribution is 0.00748. The van der Waals surface area contributed by atoms with Crippen molar-refractivity contribution in [1.29, 1.82) is 0 Å². The Hall–Kier alpha value is -4.65. The molecule has 0 radical (unpaired) electrons. The Bertz CT molecular complexity index is 1530. The molecule has 0 saturated heterocycles. The number of para-hydroxylation sites is 1. The minimum absolute atomic E-state index is 0.157. The Morgan fingerprint density at radius 1 is 0.816 bits per heavy atom. The van der Waals surface area contributed by atoms with Crippen LogP contribution >= 0.6 is 0 Å². The van der Waals surface area contributed by atoms with Crippen molar-refractivity contribution in [2.75, 3.05) is 16.8 Å². The van der Waals surface area contributed by atoms with Crippen LogP contribution in [0.5, 0.6) is 0 Å². The molecule has 0 aliphatic carbocycles. The van der Waals surface area contributed by atoms with Crippen LogP contribution in [0.15, 0.2) is 97.1 Å². The summed E-state index contributed by atoms with van der Waals surface area (Å²) in [7, 11) is 0. The summed E-state index contributed by atoms with van der Waals surface area (Å²) in [5.74, 6) is -5.64. The molecular formula is C31H24F2N2O3. The summed E-state index contributed by atoms with van der Waals surface area (Å²) >= 11 is 0. The van der Waals surface area contributed by atoms with E-state index < -0.39 is 24.0 Å². The number of benzene rings is 4. The number of aryl methyl sites for hydroxylation is 1. The number of carbonyl (C=O) groups excluding carboxylic acids is 3. The predicted octanol–water partition coefficient (Wildman–Crippen LogP) is 6.78. The Morgan fingerprint density at radius 3 is 2.16 bits per heavy atom. The van der Waals surface area contributed by atoms with E-state index in [1.807, 2.05) is 43.3 Å². The summed E-state index contributed by atoms with van der Waals surface area (Å²) < 4.78 is 28.6. The van der Waals surface area contributed by atoms with E-state index in [0.29, 0.717) is 11.3 Å². The van der Waals surface area contributed by atoms with Crippen molar-refractivity contribution in [3.8, 4) is 11.1 Å². The van der Waals surface area contributed by atoms with Gasteiger partial charge in [-0.05, 0) is 60.5 Å². The van der Waals surface area contributed by atoms with Crippen molar-refractivity contribution in [2.24, 2.45) is 0 Å². The molecule has 1 aliphatic heterocycles. The van der Waals surface area contributed by atoms with Crippen LogP contribution < -0.4 is 10.2 Å². The van der Waals surface area contributed by atoms with Crippen LogP contribution in [0.2, 0.25) is 0 Å². The van der Waals surface area contributed by atoms with Gasteiger partial charge < -0.3 is 10.2 Å². The van der Waals surface area contributed by atoms with Gasteiger partial charge >= 0.3 is 5.92 Å². The lowest BCUT2D eigenvalue weighted by atomic mass is 9.98. The Kier molecular flexibility index (Phi) is 6.59. The first-order chi connectivity index (χ1) is 18.2. The molecule has 0 bridgehead atoms. The molecule has 0 saturated carbocycles. The van der Waals surface area contributed by atoms with Crippen LogP contribution in [0.25, 0.3) is 11.1 Å². The molecule has 0 unspecified atom stereocenters. The molecule has 38 heavy (non-hydrogen) atoms. The summed E-state index contributed by atoms with van der Waals surface area (Å²) in [6, 6.07) is 27.3. The van der Waals surface area contributed by atoms with Gasteiger partial charge in [-0.1, -0.05) is 60.2 Å². The number of alkyl halides is 2. The number of nitrogens with one attached hydrogen (secondary N) is 1. The number of nitrogens with zero attached hydrogens (tertiary/aromatic N) is 1. The predicted molar refractivity (Wildman–Crippen MR) is 143 cm³/mol. The third kappa shape index (κ3) is 4.83. The number of halogens is 2. The van der Waals surface area contributed by atoms with E-state index in [1.54, 1.807) is 30.3 Å². The fourth-order valence-electron chi connectivity index (χ4n) is 4.51. The molecule has 1 heterocycles. The summed E-state index contributed by atoms with van der Waals surface area (Å²) in [4.78, 5) is 40.0. The van der Waals surface area contributed by atoms with Crippen molar-refractivity contribution >= 4 is 29.0 Å². The quantitative estimate of drug-likeness (QED) is 0.329. The third-order valence-corrected chi connectivity index (χ3v) is 6.59. The van der Waals surface area contributed by atoms with Crippen LogP contribution in [-0.4, -0.2) is 30.1 Å². The van der Waals surface area contributed by atoms with Gasteiger partial charge in [0.25, 0.3) is 11.8 Å². The average Bonchev–Trinajstić information content (AvgIpc) is 3.03. The second kappa shape index (κ2) is 10.0. The first-order valence-corrected chi connectivity index (χ1v) is 12.2. The zero-order valence-electron chi connectivity index (χ0n) is 20.6. The fourth-order valence-corrected chi connectivity index (χ4v) is 4.51. The van der Waals surface area contributed by atoms with E-state index in [0.717, 1.165) is 16.7 Å². The van der Waals surface area contributed by atoms with E-state index in [9.17, 15) is 23.2 Å². The van der Waals surface area contributed by atoms with Gasteiger partial charge in [0.05, 0.1) is 5.69 Å². The Labute approximate surface area is 218 Å². The topological polar surface area (TPSA) is 66.5 Å². The van der Waals surface area contributed by atoms with Crippen molar-refractivity contribution in [1.82, 2.24) is 0 Å². The van der Waals surface area contributed by atoms with Crippen LogP contribution in [-0.2, 0) is 0 Å². The molecule has 4 aromatic rings. The molecule has 7 heteroatoms. The maximum Gasteiger partial charge on any atom is 0.311 e. The number of ketones is 1. The smallest absolute Gasteiger partial charge is 0.311 e. The van der Waals surface area contributed by atoms with Crippen LogP contribution in [0, 0.1) is 6.92 Å². The first-order valence-electron chi connectivity index (χ1n) is 12.2. The highest BCUT2D eigenvalue weighted by molar-refractivity contribution is 6.14. The van der Waals surface area contributed by atoms with Crippen LogP contribution in [0.4, 0.5) is 20.2 Å². The van der Waals surface area contributed by atoms with Gasteiger partial charge in [0, 0.05) is 35.3 Å². The molecular weight excluding hydrogens is 486 g/mol. The number of fused-ring (bicyclic) bond motifs is 1. The number of anilines is 2. The first kappa shape index (κ1) is 25.0. The second-order valence-corrected chi connectivity index (χ2v) is 9.20. The van der Waals surface area contributed by atoms with Gasteiger partial charge in [0.1, 0.15) is 0 Å². The van der Waals surface area contributed by atoms with Gasteiger partial charge in [0.15, 0.2) is 0 Å². The number of Topliss-reactive ketones (excluding diaryl/α,β-unsaturated/α-hetero) is 1. The lowest BCUT2D eigenvalue weighted by Crippen LogP contribution is -2.33. The zero-order valence-corrected chi connectivity index (χ0v) is 20.6. The highest BCUT2D eigenvalue weighted by Gasteiger charge is 2.44. The Balaban J connectivity index is 1.36. The number of amides is 2. The van der Waals surface area contributed by atoms with Gasteiger partial charge in [-0.25, -0.2) is 0 Å². The van der Waals surface area contributed by atoms with Crippen molar-refractivity contribution < 1.29 is 23.2 Å². The van der Waals surface area contributed by atoms with Crippen LogP contribution in [0.1, 0.15) is 43.1 Å². The molecule has 0 aromatic heterocycles. The standard InChI is InChI=1S/C31H24F2N2O3/c1-20-10-12-21(13-11-20)24-6-2-3-7-25(24)29(37)34-23-16-14-22(15-17-23)30(38)35-19-18-31(32,33)28(36)26-8-4-5-9-27(26)35/h2-17H,18-19H2,1H3,(H,34,37). The van der Waals surface area contributed by atoms with E-state index >= 15 is 0 Å². The number of carbonyl (C=O) groups is 3. The Morgan fingerprint density at radius 2 is 1.45 bits per heavy atom. The van der Waals surface area contributed by atoms with E-state index in [2.05, 4.69) is 5.32 Å². The number of rotatable bonds is 4. The van der Waals surface area contributed by atoms with E-state index in [4.69, 9.17) is 0 Å². The van der Waals surface area contributed by atoms with Gasteiger partial charge in [0.2, 0.25) is 5.78 Å². The minimum Gasteiger partial charge on any atom is -0.322 e. The monoisotopic (exact) mass is 510 g/mol. The summed E-state index contributed by atoms with van der Waals surface area (Å²) in [5, 5.41) is 2.86. The van der Waals surface area contributed by atoms with Crippen molar-refractivity contribution in [3.63, 3.8) is 0 Å². The third-order valence-electron chi connectivity index (χ3n) is 6.59. The fraction of sp³-hybridized carbons (Fsp3) is 0.129. The van der Waals surface area contributed by atoms with E-state index in [-0.39, 0.29) is 29.3 Å². The normalized spacial score (nSPS) is 14.4. The van der Waals surface area contributed by atoms with Crippen molar-refractivity contribution in [3.05, 3.63) is 119 Å². The maximum atomic E-state index is 14.3. The van der Waals surface area contributed by atoms with Gasteiger partial charge in [-0.2, -0.15) is 8.78 Å². The minimum atomic E-state index is -3.55.